The summed E-state index contributed by atoms with van der Waals surface area (Å²) >= 11 is 0. The number of nitrogens with zero attached hydrogens (tertiary/aromatic N) is 1. The van der Waals surface area contributed by atoms with Gasteiger partial charge < -0.3 is 14.7 Å². The number of hydrogen-bond acceptors (Lipinski definition) is 1. The van der Waals surface area contributed by atoms with Crippen molar-refractivity contribution in [2.75, 3.05) is 0 Å². The Hall–Kier alpha value is -2.30. The van der Waals surface area contributed by atoms with E-state index in [9.17, 15) is 9.18 Å². The summed E-state index contributed by atoms with van der Waals surface area (Å²) in [6.07, 6.45) is 0. The molecule has 86 valence electrons. The number of carboxylic acid groups (broad SMARTS) is 1. The molecule has 0 atom stereocenters. The second kappa shape index (κ2) is 3.10. The van der Waals surface area contributed by atoms with E-state index in [0.29, 0.717) is 11.2 Å². The molecule has 0 amide bonds. The summed E-state index contributed by atoms with van der Waals surface area (Å²) in [6, 6.07) is 6.00. The van der Waals surface area contributed by atoms with Crippen LogP contribution in [0, 0.1) is 5.82 Å². The van der Waals surface area contributed by atoms with Gasteiger partial charge in [0.2, 0.25) is 0 Å². The standard InChI is InChI=1S/C12H9FN2O2/c1-15-10(12(16)17)5-8-7-3-2-6(13)4-9(7)14-11(8)15/h2-5,14H,1H3,(H,16,17). The maximum atomic E-state index is 13.1. The van der Waals surface area contributed by atoms with Crippen LogP contribution in [0.1, 0.15) is 10.5 Å². The first-order valence-electron chi connectivity index (χ1n) is 5.08. The second-order valence-electron chi connectivity index (χ2n) is 3.97. The van der Waals surface area contributed by atoms with E-state index in [0.717, 1.165) is 10.8 Å². The van der Waals surface area contributed by atoms with Crippen molar-refractivity contribution in [2.45, 2.75) is 0 Å². The van der Waals surface area contributed by atoms with E-state index in [1.807, 2.05) is 0 Å². The van der Waals surface area contributed by atoms with Crippen LogP contribution >= 0.6 is 0 Å². The minimum Gasteiger partial charge on any atom is -0.477 e. The number of nitrogens with one attached hydrogen (secondary N) is 1. The summed E-state index contributed by atoms with van der Waals surface area (Å²) in [5, 5.41) is 10.6. The number of halogens is 1. The van der Waals surface area contributed by atoms with Gasteiger partial charge in [0.05, 0.1) is 5.52 Å². The molecule has 0 spiro atoms. The molecule has 2 aromatic heterocycles. The Kier molecular flexibility index (Phi) is 1.80. The lowest BCUT2D eigenvalue weighted by Gasteiger charge is -1.97. The Morgan fingerprint density at radius 1 is 1.35 bits per heavy atom. The highest BCUT2D eigenvalue weighted by molar-refractivity contribution is 6.09. The Morgan fingerprint density at radius 2 is 2.12 bits per heavy atom. The Labute approximate surface area is 95.3 Å². The number of rotatable bonds is 1. The van der Waals surface area contributed by atoms with E-state index in [2.05, 4.69) is 4.98 Å². The van der Waals surface area contributed by atoms with Gasteiger partial charge in [0, 0.05) is 17.8 Å². The Balaban J connectivity index is 2.45. The number of aromatic carboxylic acids is 1. The highest BCUT2D eigenvalue weighted by Gasteiger charge is 2.15. The van der Waals surface area contributed by atoms with Gasteiger partial charge in [0.1, 0.15) is 17.2 Å². The Morgan fingerprint density at radius 3 is 2.82 bits per heavy atom. The number of carboxylic acids is 1. The van der Waals surface area contributed by atoms with E-state index < -0.39 is 5.97 Å². The van der Waals surface area contributed by atoms with Gasteiger partial charge in [-0.25, -0.2) is 9.18 Å². The number of aromatic amines is 1. The van der Waals surface area contributed by atoms with Crippen LogP contribution in [0.3, 0.4) is 0 Å². The molecule has 5 heteroatoms. The van der Waals surface area contributed by atoms with Crippen LogP contribution in [0.5, 0.6) is 0 Å². The zero-order chi connectivity index (χ0) is 12.2. The third-order valence-electron chi connectivity index (χ3n) is 2.98. The fourth-order valence-corrected chi connectivity index (χ4v) is 2.15. The number of hydrogen-bond donors (Lipinski definition) is 2. The third-order valence-corrected chi connectivity index (χ3v) is 2.98. The van der Waals surface area contributed by atoms with E-state index in [1.165, 1.54) is 12.1 Å². The van der Waals surface area contributed by atoms with E-state index in [1.54, 1.807) is 23.7 Å². The number of benzene rings is 1. The summed E-state index contributed by atoms with van der Waals surface area (Å²) in [7, 11) is 1.66. The molecule has 2 heterocycles. The van der Waals surface area contributed by atoms with Gasteiger partial charge in [-0.3, -0.25) is 0 Å². The summed E-state index contributed by atoms with van der Waals surface area (Å²) in [4.78, 5) is 14.0. The summed E-state index contributed by atoms with van der Waals surface area (Å²) in [5.41, 5.74) is 1.56. The second-order valence-corrected chi connectivity index (χ2v) is 3.97. The van der Waals surface area contributed by atoms with Gasteiger partial charge in [0.15, 0.2) is 0 Å². The van der Waals surface area contributed by atoms with Gasteiger partial charge >= 0.3 is 5.97 Å². The average molecular weight is 232 g/mol. The van der Waals surface area contributed by atoms with Gasteiger partial charge in [-0.15, -0.1) is 0 Å². The number of carbonyl (C=O) groups is 1. The smallest absolute Gasteiger partial charge is 0.352 e. The van der Waals surface area contributed by atoms with Crippen molar-refractivity contribution < 1.29 is 14.3 Å². The van der Waals surface area contributed by atoms with Crippen LogP contribution in [0.25, 0.3) is 21.9 Å². The van der Waals surface area contributed by atoms with Gasteiger partial charge in [-0.1, -0.05) is 0 Å². The molecule has 0 saturated carbocycles. The lowest BCUT2D eigenvalue weighted by atomic mass is 10.2. The van der Waals surface area contributed by atoms with E-state index in [4.69, 9.17) is 5.11 Å². The monoisotopic (exact) mass is 232 g/mol. The van der Waals surface area contributed by atoms with E-state index >= 15 is 0 Å². The number of fused-ring (bicyclic) bond motifs is 3. The minimum absolute atomic E-state index is 0.206. The molecule has 2 N–H and O–H groups in total. The zero-order valence-corrected chi connectivity index (χ0v) is 8.99. The van der Waals surface area contributed by atoms with Crippen LogP contribution in [-0.4, -0.2) is 20.6 Å². The molecule has 0 aliphatic heterocycles. The minimum atomic E-state index is -0.979. The molecule has 0 aliphatic carbocycles. The molecule has 0 saturated heterocycles. The summed E-state index contributed by atoms with van der Waals surface area (Å²) in [5.74, 6) is -1.30. The van der Waals surface area contributed by atoms with Crippen molar-refractivity contribution in [1.29, 1.82) is 0 Å². The van der Waals surface area contributed by atoms with Crippen molar-refractivity contribution >= 4 is 27.9 Å². The third kappa shape index (κ3) is 1.25. The molecule has 3 rings (SSSR count). The normalized spacial score (nSPS) is 11.4. The highest BCUT2D eigenvalue weighted by Crippen LogP contribution is 2.28. The molecule has 17 heavy (non-hydrogen) atoms. The molecule has 3 aromatic rings. The Bertz CT molecular complexity index is 755. The number of aromatic nitrogens is 2. The van der Waals surface area contributed by atoms with Gasteiger partial charge in [-0.05, 0) is 24.3 Å². The fourth-order valence-electron chi connectivity index (χ4n) is 2.15. The first kappa shape index (κ1) is 9.89. The molecule has 0 bridgehead atoms. The molecule has 0 unspecified atom stereocenters. The maximum Gasteiger partial charge on any atom is 0.352 e. The zero-order valence-electron chi connectivity index (χ0n) is 8.99. The molecule has 0 aliphatic rings. The average Bonchev–Trinajstić information content (AvgIpc) is 2.76. The van der Waals surface area contributed by atoms with Crippen LogP contribution in [0.2, 0.25) is 0 Å². The highest BCUT2D eigenvalue weighted by atomic mass is 19.1. The number of aryl methyl sites for hydroxylation is 1. The molecular weight excluding hydrogens is 223 g/mol. The van der Waals surface area contributed by atoms with Crippen molar-refractivity contribution in [3.05, 3.63) is 35.8 Å². The number of H-pyrrole nitrogens is 1. The van der Waals surface area contributed by atoms with Crippen molar-refractivity contribution in [3.8, 4) is 0 Å². The molecule has 0 fully saturated rings. The van der Waals surface area contributed by atoms with Crippen molar-refractivity contribution in [1.82, 2.24) is 9.55 Å². The molecule has 4 nitrogen and oxygen atoms in total. The fraction of sp³-hybridized carbons (Fsp3) is 0.0833. The summed E-state index contributed by atoms with van der Waals surface area (Å²) in [6.45, 7) is 0. The summed E-state index contributed by atoms with van der Waals surface area (Å²) < 4.78 is 14.6. The van der Waals surface area contributed by atoms with Crippen LogP contribution in [-0.2, 0) is 7.05 Å². The quantitative estimate of drug-likeness (QED) is 0.677. The lowest BCUT2D eigenvalue weighted by molar-refractivity contribution is 0.0687. The largest absolute Gasteiger partial charge is 0.477 e. The van der Waals surface area contributed by atoms with Crippen LogP contribution in [0.15, 0.2) is 24.3 Å². The molecule has 0 radical (unpaired) electrons. The SMILES string of the molecule is Cn1c(C(=O)O)cc2c3ccc(F)cc3[nH]c21. The van der Waals surface area contributed by atoms with Crippen LogP contribution in [0.4, 0.5) is 4.39 Å². The lowest BCUT2D eigenvalue weighted by Crippen LogP contribution is -2.03. The van der Waals surface area contributed by atoms with Crippen molar-refractivity contribution in [3.63, 3.8) is 0 Å². The van der Waals surface area contributed by atoms with Crippen LogP contribution < -0.4 is 0 Å². The predicted octanol–water partition coefficient (Wildman–Crippen LogP) is 2.50. The first-order valence-corrected chi connectivity index (χ1v) is 5.08. The molecular formula is C12H9FN2O2. The predicted molar refractivity (Wildman–Crippen MR) is 61.7 cm³/mol. The topological polar surface area (TPSA) is 58.0 Å². The van der Waals surface area contributed by atoms with Crippen molar-refractivity contribution in [2.24, 2.45) is 7.05 Å². The van der Waals surface area contributed by atoms with Gasteiger partial charge in [0.25, 0.3) is 0 Å². The maximum absolute atomic E-state index is 13.1. The van der Waals surface area contributed by atoms with E-state index in [-0.39, 0.29) is 11.5 Å². The molecule has 1 aromatic carbocycles. The first-order chi connectivity index (χ1) is 8.08. The van der Waals surface area contributed by atoms with Gasteiger partial charge in [-0.2, -0.15) is 0 Å².